The van der Waals surface area contributed by atoms with Gasteiger partial charge in [-0.3, -0.25) is 14.5 Å². The monoisotopic (exact) mass is 415 g/mol. The zero-order chi connectivity index (χ0) is 20.5. The Morgan fingerprint density at radius 2 is 1.66 bits per heavy atom. The quantitative estimate of drug-likeness (QED) is 0.672. The van der Waals surface area contributed by atoms with Crippen LogP contribution >= 0.6 is 11.6 Å². The van der Waals surface area contributed by atoms with Gasteiger partial charge in [0, 0.05) is 43.3 Å². The van der Waals surface area contributed by atoms with Gasteiger partial charge in [-0.25, -0.2) is 0 Å². The Morgan fingerprint density at radius 3 is 2.34 bits per heavy atom. The molecule has 2 amide bonds. The van der Waals surface area contributed by atoms with Gasteiger partial charge in [-0.1, -0.05) is 29.8 Å². The Bertz CT molecular complexity index is 791. The summed E-state index contributed by atoms with van der Waals surface area (Å²) in [4.78, 5) is 28.5. The third-order valence-corrected chi connectivity index (χ3v) is 5.02. The highest BCUT2D eigenvalue weighted by Crippen LogP contribution is 2.16. The molecule has 1 saturated heterocycles. The predicted octanol–water partition coefficient (Wildman–Crippen LogP) is 3.28. The van der Waals surface area contributed by atoms with Gasteiger partial charge < -0.3 is 15.0 Å². The van der Waals surface area contributed by atoms with Crippen LogP contribution in [0.4, 0.5) is 5.69 Å². The summed E-state index contributed by atoms with van der Waals surface area (Å²) < 4.78 is 5.63. The van der Waals surface area contributed by atoms with Crippen LogP contribution in [-0.2, 0) is 9.59 Å². The van der Waals surface area contributed by atoms with E-state index in [-0.39, 0.29) is 11.8 Å². The number of nitrogens with one attached hydrogen (secondary N) is 1. The van der Waals surface area contributed by atoms with Crippen molar-refractivity contribution in [2.75, 3.05) is 44.6 Å². The van der Waals surface area contributed by atoms with Crippen molar-refractivity contribution in [3.8, 4) is 5.75 Å². The van der Waals surface area contributed by atoms with Crippen LogP contribution in [0.2, 0.25) is 5.02 Å². The standard InChI is InChI=1S/C22H26ClN3O3/c23-18-8-10-20(11-9-18)29-16-4-7-22(28)26-14-12-25(13-15-26)17-21(27)24-19-5-2-1-3-6-19/h1-3,5-6,8-11H,4,7,12-17H2,(H,24,27). The second-order valence-electron chi connectivity index (χ2n) is 6.98. The fraction of sp³-hybridized carbons (Fsp3) is 0.364. The van der Waals surface area contributed by atoms with Gasteiger partial charge in [0.25, 0.3) is 0 Å². The molecular formula is C22H26ClN3O3. The molecule has 1 heterocycles. The highest BCUT2D eigenvalue weighted by atomic mass is 35.5. The Morgan fingerprint density at radius 1 is 0.966 bits per heavy atom. The van der Waals surface area contributed by atoms with Gasteiger partial charge in [0.05, 0.1) is 13.2 Å². The SMILES string of the molecule is O=C(CN1CCN(C(=O)CCCOc2ccc(Cl)cc2)CC1)Nc1ccccc1. The zero-order valence-electron chi connectivity index (χ0n) is 16.4. The van der Waals surface area contributed by atoms with Gasteiger partial charge >= 0.3 is 0 Å². The molecule has 0 atom stereocenters. The minimum absolute atomic E-state index is 0.0321. The summed E-state index contributed by atoms with van der Waals surface area (Å²) in [5.74, 6) is 0.859. The van der Waals surface area contributed by atoms with Crippen LogP contribution in [0, 0.1) is 0 Å². The van der Waals surface area contributed by atoms with E-state index in [2.05, 4.69) is 10.2 Å². The molecule has 0 spiro atoms. The summed E-state index contributed by atoms with van der Waals surface area (Å²) in [6.45, 7) is 3.54. The minimum Gasteiger partial charge on any atom is -0.494 e. The molecular weight excluding hydrogens is 390 g/mol. The Labute approximate surface area is 176 Å². The van der Waals surface area contributed by atoms with E-state index in [9.17, 15) is 9.59 Å². The number of rotatable bonds is 8. The summed E-state index contributed by atoms with van der Waals surface area (Å²) in [6, 6.07) is 16.6. The zero-order valence-corrected chi connectivity index (χ0v) is 17.1. The van der Waals surface area contributed by atoms with Crippen LogP contribution in [0.15, 0.2) is 54.6 Å². The van der Waals surface area contributed by atoms with Crippen LogP contribution in [0.1, 0.15) is 12.8 Å². The number of amides is 2. The van der Waals surface area contributed by atoms with Crippen molar-refractivity contribution in [2.45, 2.75) is 12.8 Å². The largest absolute Gasteiger partial charge is 0.494 e. The number of halogens is 1. The number of ether oxygens (including phenoxy) is 1. The van der Waals surface area contributed by atoms with Gasteiger partial charge in [-0.15, -0.1) is 0 Å². The lowest BCUT2D eigenvalue weighted by Gasteiger charge is -2.34. The summed E-state index contributed by atoms with van der Waals surface area (Å²) in [5, 5.41) is 3.56. The van der Waals surface area contributed by atoms with Crippen LogP contribution in [0.3, 0.4) is 0 Å². The molecule has 1 fully saturated rings. The third-order valence-electron chi connectivity index (χ3n) is 4.77. The van der Waals surface area contributed by atoms with Crippen molar-refractivity contribution in [3.63, 3.8) is 0 Å². The molecule has 154 valence electrons. The molecule has 0 saturated carbocycles. The number of nitrogens with zero attached hydrogens (tertiary/aromatic N) is 2. The van der Waals surface area contributed by atoms with E-state index in [0.29, 0.717) is 57.2 Å². The smallest absolute Gasteiger partial charge is 0.238 e. The third kappa shape index (κ3) is 7.07. The van der Waals surface area contributed by atoms with Crippen molar-refractivity contribution in [1.29, 1.82) is 0 Å². The summed E-state index contributed by atoms with van der Waals surface area (Å²) in [7, 11) is 0. The lowest BCUT2D eigenvalue weighted by molar-refractivity contribution is -0.133. The molecule has 1 aliphatic heterocycles. The molecule has 7 heteroatoms. The fourth-order valence-electron chi connectivity index (χ4n) is 3.18. The van der Waals surface area contributed by atoms with E-state index in [0.717, 1.165) is 11.4 Å². The van der Waals surface area contributed by atoms with E-state index in [1.54, 1.807) is 12.1 Å². The Hall–Kier alpha value is -2.57. The van der Waals surface area contributed by atoms with E-state index < -0.39 is 0 Å². The van der Waals surface area contributed by atoms with Crippen molar-refractivity contribution in [3.05, 3.63) is 59.6 Å². The van der Waals surface area contributed by atoms with E-state index in [1.165, 1.54) is 0 Å². The van der Waals surface area contributed by atoms with Crippen molar-refractivity contribution in [1.82, 2.24) is 9.80 Å². The summed E-state index contributed by atoms with van der Waals surface area (Å²) in [6.07, 6.45) is 1.13. The van der Waals surface area contributed by atoms with Crippen LogP contribution in [-0.4, -0.2) is 60.9 Å². The number of hydrogen-bond donors (Lipinski definition) is 1. The molecule has 1 aliphatic rings. The molecule has 0 aliphatic carbocycles. The maximum absolute atomic E-state index is 12.4. The average molecular weight is 416 g/mol. The first kappa shape index (κ1) is 21.1. The number of hydrogen-bond acceptors (Lipinski definition) is 4. The first-order valence-corrected chi connectivity index (χ1v) is 10.2. The first-order valence-electron chi connectivity index (χ1n) is 9.83. The molecule has 0 bridgehead atoms. The summed E-state index contributed by atoms with van der Waals surface area (Å²) >= 11 is 5.84. The molecule has 2 aromatic carbocycles. The second kappa shape index (κ2) is 10.8. The highest BCUT2D eigenvalue weighted by Gasteiger charge is 2.22. The maximum atomic E-state index is 12.4. The number of anilines is 1. The fourth-order valence-corrected chi connectivity index (χ4v) is 3.31. The minimum atomic E-state index is -0.0321. The van der Waals surface area contributed by atoms with Gasteiger partial charge in [0.15, 0.2) is 0 Å². The summed E-state index contributed by atoms with van der Waals surface area (Å²) in [5.41, 5.74) is 0.798. The number of benzene rings is 2. The number of piperazine rings is 1. The highest BCUT2D eigenvalue weighted by molar-refractivity contribution is 6.30. The first-order chi connectivity index (χ1) is 14.1. The normalized spacial score (nSPS) is 14.4. The van der Waals surface area contributed by atoms with Crippen LogP contribution in [0.25, 0.3) is 0 Å². The number of para-hydroxylation sites is 1. The van der Waals surface area contributed by atoms with E-state index in [1.807, 2.05) is 47.4 Å². The van der Waals surface area contributed by atoms with Crippen molar-refractivity contribution >= 4 is 29.1 Å². The Kier molecular flexibility index (Phi) is 7.90. The Balaban J connectivity index is 1.30. The molecule has 0 aromatic heterocycles. The lowest BCUT2D eigenvalue weighted by atomic mass is 10.2. The molecule has 0 unspecified atom stereocenters. The van der Waals surface area contributed by atoms with Gasteiger partial charge in [0.1, 0.15) is 5.75 Å². The molecule has 2 aromatic rings. The van der Waals surface area contributed by atoms with Gasteiger partial charge in [0.2, 0.25) is 11.8 Å². The topological polar surface area (TPSA) is 61.9 Å². The number of carbonyl (C=O) groups is 2. The lowest BCUT2D eigenvalue weighted by Crippen LogP contribution is -2.50. The van der Waals surface area contributed by atoms with Gasteiger partial charge in [-0.05, 0) is 42.8 Å². The molecule has 0 radical (unpaired) electrons. The average Bonchev–Trinajstić information content (AvgIpc) is 2.73. The molecule has 29 heavy (non-hydrogen) atoms. The predicted molar refractivity (Wildman–Crippen MR) is 114 cm³/mol. The second-order valence-corrected chi connectivity index (χ2v) is 7.41. The van der Waals surface area contributed by atoms with E-state index >= 15 is 0 Å². The van der Waals surface area contributed by atoms with Crippen LogP contribution in [0.5, 0.6) is 5.75 Å². The molecule has 1 N–H and O–H groups in total. The van der Waals surface area contributed by atoms with Crippen molar-refractivity contribution < 1.29 is 14.3 Å². The van der Waals surface area contributed by atoms with Crippen LogP contribution < -0.4 is 10.1 Å². The van der Waals surface area contributed by atoms with E-state index in [4.69, 9.17) is 16.3 Å². The van der Waals surface area contributed by atoms with Gasteiger partial charge in [-0.2, -0.15) is 0 Å². The maximum Gasteiger partial charge on any atom is 0.238 e. The van der Waals surface area contributed by atoms with Crippen molar-refractivity contribution in [2.24, 2.45) is 0 Å². The number of carbonyl (C=O) groups excluding carboxylic acids is 2. The molecule has 3 rings (SSSR count). The molecule has 6 nitrogen and oxygen atoms in total.